The van der Waals surface area contributed by atoms with Crippen LogP contribution in [-0.4, -0.2) is 29.1 Å². The first kappa shape index (κ1) is 10.2. The van der Waals surface area contributed by atoms with Gasteiger partial charge < -0.3 is 9.47 Å². The molecule has 1 heterocycles. The number of halogens is 1. The molecule has 84 valence electrons. The van der Waals surface area contributed by atoms with E-state index in [4.69, 9.17) is 9.47 Å². The second-order valence-electron chi connectivity index (χ2n) is 4.73. The van der Waals surface area contributed by atoms with E-state index in [0.29, 0.717) is 18.3 Å². The van der Waals surface area contributed by atoms with E-state index in [2.05, 4.69) is 15.9 Å². The molecule has 1 aliphatic heterocycles. The third-order valence-corrected chi connectivity index (χ3v) is 4.99. The molecule has 0 aromatic rings. The lowest BCUT2D eigenvalue weighted by molar-refractivity contribution is -0.239. The summed E-state index contributed by atoms with van der Waals surface area (Å²) in [6, 6.07) is 0. The molecule has 2 saturated carbocycles. The predicted octanol–water partition coefficient (Wildman–Crippen LogP) is 1.88. The third-order valence-electron chi connectivity index (χ3n) is 3.98. The van der Waals surface area contributed by atoms with Crippen molar-refractivity contribution in [2.45, 2.75) is 42.9 Å². The van der Waals surface area contributed by atoms with Crippen LogP contribution in [-0.2, 0) is 14.3 Å². The predicted molar refractivity (Wildman–Crippen MR) is 57.8 cm³/mol. The Morgan fingerprint density at radius 2 is 2.33 bits per heavy atom. The number of hydrogen-bond acceptors (Lipinski definition) is 3. The van der Waals surface area contributed by atoms with Gasteiger partial charge in [-0.3, -0.25) is 4.79 Å². The molecule has 3 rings (SSSR count). The summed E-state index contributed by atoms with van der Waals surface area (Å²) in [6.07, 6.45) is 2.49. The van der Waals surface area contributed by atoms with Gasteiger partial charge in [-0.05, 0) is 26.2 Å². The zero-order valence-corrected chi connectivity index (χ0v) is 10.3. The Bertz CT molecular complexity index is 304. The molecule has 0 radical (unpaired) electrons. The number of hydrogen-bond donors (Lipinski definition) is 0. The molecule has 0 amide bonds. The van der Waals surface area contributed by atoms with Crippen LogP contribution in [0.4, 0.5) is 0 Å². The highest BCUT2D eigenvalue weighted by atomic mass is 79.9. The minimum atomic E-state index is -0.512. The molecule has 0 N–H and O–H groups in total. The zero-order chi connectivity index (χ0) is 10.6. The van der Waals surface area contributed by atoms with Gasteiger partial charge in [-0.15, -0.1) is 0 Å². The average Bonchev–Trinajstić information content (AvgIpc) is 2.49. The highest BCUT2D eigenvalue weighted by Crippen LogP contribution is 2.55. The van der Waals surface area contributed by atoms with E-state index in [9.17, 15) is 4.79 Å². The molecule has 5 atom stereocenters. The number of carbonyl (C=O) groups is 1. The topological polar surface area (TPSA) is 35.5 Å². The van der Waals surface area contributed by atoms with Gasteiger partial charge in [0.05, 0.1) is 4.83 Å². The quantitative estimate of drug-likeness (QED) is 0.722. The van der Waals surface area contributed by atoms with Crippen LogP contribution in [0.1, 0.15) is 26.2 Å². The van der Waals surface area contributed by atoms with E-state index in [0.717, 1.165) is 19.3 Å². The van der Waals surface area contributed by atoms with E-state index in [-0.39, 0.29) is 16.8 Å². The molecule has 3 nitrogen and oxygen atoms in total. The Kier molecular flexibility index (Phi) is 2.24. The van der Waals surface area contributed by atoms with Crippen LogP contribution in [0.3, 0.4) is 0 Å². The van der Waals surface area contributed by atoms with Crippen molar-refractivity contribution in [2.24, 2.45) is 11.8 Å². The largest absolute Gasteiger partial charge is 0.349 e. The fraction of sp³-hybridized carbons (Fsp3) is 0.909. The van der Waals surface area contributed by atoms with Gasteiger partial charge in [0.25, 0.3) is 0 Å². The smallest absolute Gasteiger partial charge is 0.184 e. The number of Topliss-reactive ketones (excluding diaryl/α,β-unsaturated/α-hetero) is 1. The highest BCUT2D eigenvalue weighted by molar-refractivity contribution is 9.09. The summed E-state index contributed by atoms with van der Waals surface area (Å²) >= 11 is 3.65. The lowest BCUT2D eigenvalue weighted by atomic mass is 9.70. The molecule has 15 heavy (non-hydrogen) atoms. The van der Waals surface area contributed by atoms with E-state index >= 15 is 0 Å². The number of carbonyl (C=O) groups excluding carboxylic acids is 1. The monoisotopic (exact) mass is 274 g/mol. The number of ether oxygens (including phenoxy) is 2. The molecular weight excluding hydrogens is 260 g/mol. The maximum absolute atomic E-state index is 11.9. The van der Waals surface area contributed by atoms with Gasteiger partial charge in [-0.1, -0.05) is 15.9 Å². The number of alkyl halides is 1. The van der Waals surface area contributed by atoms with Crippen molar-refractivity contribution in [3.63, 3.8) is 0 Å². The van der Waals surface area contributed by atoms with Crippen molar-refractivity contribution in [3.8, 4) is 0 Å². The normalized spacial score (nSPS) is 52.5. The van der Waals surface area contributed by atoms with Crippen LogP contribution in [0.2, 0.25) is 0 Å². The molecular formula is C11H15BrO3. The van der Waals surface area contributed by atoms with Crippen molar-refractivity contribution in [1.29, 1.82) is 0 Å². The van der Waals surface area contributed by atoms with Crippen molar-refractivity contribution >= 4 is 21.7 Å². The van der Waals surface area contributed by atoms with Crippen LogP contribution in [0.15, 0.2) is 0 Å². The molecule has 3 fully saturated rings. The summed E-state index contributed by atoms with van der Waals surface area (Å²) in [5, 5.41) is 0. The molecule has 3 bridgehead atoms. The second kappa shape index (κ2) is 3.28. The first-order chi connectivity index (χ1) is 7.17. The summed E-state index contributed by atoms with van der Waals surface area (Å²) in [5.41, 5.74) is 0. The van der Waals surface area contributed by atoms with Gasteiger partial charge in [0.2, 0.25) is 0 Å². The van der Waals surface area contributed by atoms with E-state index in [1.54, 1.807) is 0 Å². The van der Waals surface area contributed by atoms with Crippen LogP contribution in [0, 0.1) is 11.8 Å². The fourth-order valence-corrected chi connectivity index (χ4v) is 4.44. The molecule has 1 saturated heterocycles. The van der Waals surface area contributed by atoms with Crippen LogP contribution in [0.5, 0.6) is 0 Å². The van der Waals surface area contributed by atoms with Gasteiger partial charge in [0.15, 0.2) is 11.6 Å². The van der Waals surface area contributed by atoms with E-state index < -0.39 is 5.79 Å². The van der Waals surface area contributed by atoms with Crippen molar-refractivity contribution in [1.82, 2.24) is 0 Å². The second-order valence-corrected chi connectivity index (χ2v) is 5.84. The van der Waals surface area contributed by atoms with Crippen LogP contribution < -0.4 is 0 Å². The van der Waals surface area contributed by atoms with Crippen molar-refractivity contribution in [3.05, 3.63) is 0 Å². The summed E-state index contributed by atoms with van der Waals surface area (Å²) in [5.74, 6) is 0.398. The lowest BCUT2D eigenvalue weighted by Crippen LogP contribution is -2.51. The summed E-state index contributed by atoms with van der Waals surface area (Å²) < 4.78 is 11.7. The minimum Gasteiger partial charge on any atom is -0.349 e. The molecule has 3 aliphatic rings. The maximum atomic E-state index is 11.9. The minimum absolute atomic E-state index is 0.171. The van der Waals surface area contributed by atoms with Crippen molar-refractivity contribution in [2.75, 3.05) is 6.61 Å². The molecule has 0 spiro atoms. The Morgan fingerprint density at radius 3 is 3.07 bits per heavy atom. The summed E-state index contributed by atoms with van der Waals surface area (Å²) in [7, 11) is 0. The maximum Gasteiger partial charge on any atom is 0.184 e. The van der Waals surface area contributed by atoms with E-state index in [1.807, 2.05) is 6.92 Å². The third kappa shape index (κ3) is 1.22. The van der Waals surface area contributed by atoms with Crippen molar-refractivity contribution < 1.29 is 14.3 Å². The first-order valence-corrected chi connectivity index (χ1v) is 6.58. The van der Waals surface area contributed by atoms with Gasteiger partial charge in [-0.25, -0.2) is 0 Å². The molecule has 4 heteroatoms. The molecule has 0 aromatic heterocycles. The van der Waals surface area contributed by atoms with Gasteiger partial charge in [0, 0.05) is 18.4 Å². The molecule has 0 unspecified atom stereocenters. The number of fused-ring (bicyclic) bond motifs is 2. The molecule has 2 aliphatic carbocycles. The fourth-order valence-electron chi connectivity index (χ4n) is 3.37. The van der Waals surface area contributed by atoms with Crippen LogP contribution >= 0.6 is 15.9 Å². The number of rotatable bonds is 2. The highest BCUT2D eigenvalue weighted by Gasteiger charge is 2.63. The zero-order valence-electron chi connectivity index (χ0n) is 8.74. The lowest BCUT2D eigenvalue weighted by Gasteiger charge is -2.42. The van der Waals surface area contributed by atoms with Gasteiger partial charge >= 0.3 is 0 Å². The Labute approximate surface area is 97.6 Å². The van der Waals surface area contributed by atoms with Gasteiger partial charge in [0.1, 0.15) is 6.10 Å². The Balaban J connectivity index is 1.99. The first-order valence-electron chi connectivity index (χ1n) is 5.67. The summed E-state index contributed by atoms with van der Waals surface area (Å²) in [6.45, 7) is 2.62. The Hall–Kier alpha value is 0.0700. The van der Waals surface area contributed by atoms with Gasteiger partial charge in [-0.2, -0.15) is 0 Å². The standard InChI is InChI=1S/C11H15BrO3/c1-2-14-11-7-3-6(4-9(11)12)10(13)8(5-7)15-11/h6-9H,2-5H2,1H3/t6-,7-,8-,9+,11+/m1/s1. The molecule has 0 aromatic carbocycles. The number of ketones is 1. The van der Waals surface area contributed by atoms with Crippen LogP contribution in [0.25, 0.3) is 0 Å². The Morgan fingerprint density at radius 1 is 1.53 bits per heavy atom. The SMILES string of the molecule is CCO[C@]12O[C@@H]3C[C@H]1C[C@H](C[C@@H]2Br)C3=O. The summed E-state index contributed by atoms with van der Waals surface area (Å²) in [4.78, 5) is 12.1. The van der Waals surface area contributed by atoms with E-state index in [1.165, 1.54) is 0 Å². The average molecular weight is 275 g/mol.